The zero-order chi connectivity index (χ0) is 15.2. The number of amides is 1. The van der Waals surface area contributed by atoms with Gasteiger partial charge in [0.2, 0.25) is 5.91 Å². The summed E-state index contributed by atoms with van der Waals surface area (Å²) in [5.41, 5.74) is 7.73. The normalized spacial score (nSPS) is 15.8. The Bertz CT molecular complexity index is 454. The van der Waals surface area contributed by atoms with Crippen LogP contribution in [0.1, 0.15) is 30.9 Å². The van der Waals surface area contributed by atoms with Crippen LogP contribution in [-0.4, -0.2) is 37.1 Å². The zero-order valence-corrected chi connectivity index (χ0v) is 13.0. The predicted octanol–water partition coefficient (Wildman–Crippen LogP) is 1.96. The minimum absolute atomic E-state index is 0.187. The van der Waals surface area contributed by atoms with Gasteiger partial charge in [-0.1, -0.05) is 24.3 Å². The number of hydrogen-bond donors (Lipinski definition) is 1. The van der Waals surface area contributed by atoms with Crippen molar-refractivity contribution in [2.75, 3.05) is 20.3 Å². The highest BCUT2D eigenvalue weighted by molar-refractivity contribution is 5.79. The molecule has 0 aliphatic heterocycles. The molecule has 0 aromatic heterocycles. The first-order valence-electron chi connectivity index (χ1n) is 7.72. The highest BCUT2D eigenvalue weighted by Gasteiger charge is 2.33. The first kappa shape index (κ1) is 16.0. The van der Waals surface area contributed by atoms with Gasteiger partial charge in [-0.05, 0) is 36.8 Å². The lowest BCUT2D eigenvalue weighted by Gasteiger charge is -2.29. The minimum atomic E-state index is 0.187. The first-order valence-corrected chi connectivity index (χ1v) is 7.72. The molecule has 2 rings (SSSR count). The van der Waals surface area contributed by atoms with E-state index in [9.17, 15) is 4.79 Å². The summed E-state index contributed by atoms with van der Waals surface area (Å²) in [5, 5.41) is 0. The molecule has 4 nitrogen and oxygen atoms in total. The van der Waals surface area contributed by atoms with Gasteiger partial charge in [-0.25, -0.2) is 0 Å². The standard InChI is InChI=1S/C17H26N2O2/c1-13(16-7-8-16)19(9-10-21-2)17(20)11-14-3-5-15(12-18)6-4-14/h3-6,13,16H,7-12,18H2,1-2H3. The summed E-state index contributed by atoms with van der Waals surface area (Å²) in [6.07, 6.45) is 2.93. The van der Waals surface area contributed by atoms with Crippen LogP contribution in [0.4, 0.5) is 0 Å². The van der Waals surface area contributed by atoms with Crippen molar-refractivity contribution in [3.8, 4) is 0 Å². The van der Waals surface area contributed by atoms with E-state index in [0.717, 1.165) is 11.1 Å². The molecular formula is C17H26N2O2. The van der Waals surface area contributed by atoms with Crippen LogP contribution in [0.25, 0.3) is 0 Å². The van der Waals surface area contributed by atoms with Gasteiger partial charge >= 0.3 is 0 Å². The molecule has 0 bridgehead atoms. The van der Waals surface area contributed by atoms with E-state index in [1.165, 1.54) is 12.8 Å². The van der Waals surface area contributed by atoms with Crippen LogP contribution < -0.4 is 5.73 Å². The number of rotatable bonds is 8. The number of nitrogens with zero attached hydrogens (tertiary/aromatic N) is 1. The van der Waals surface area contributed by atoms with E-state index >= 15 is 0 Å². The third-order valence-electron chi connectivity index (χ3n) is 4.27. The Balaban J connectivity index is 1.98. The fraction of sp³-hybridized carbons (Fsp3) is 0.588. The molecule has 1 aromatic carbocycles. The quantitative estimate of drug-likeness (QED) is 0.796. The Morgan fingerprint density at radius 3 is 2.48 bits per heavy atom. The van der Waals surface area contributed by atoms with Gasteiger partial charge in [0.15, 0.2) is 0 Å². The van der Waals surface area contributed by atoms with E-state index in [4.69, 9.17) is 10.5 Å². The summed E-state index contributed by atoms with van der Waals surface area (Å²) < 4.78 is 5.15. The molecule has 1 aliphatic rings. The fourth-order valence-corrected chi connectivity index (χ4v) is 2.65. The number of carbonyl (C=O) groups is 1. The van der Waals surface area contributed by atoms with E-state index in [0.29, 0.717) is 38.1 Å². The Morgan fingerprint density at radius 2 is 1.95 bits per heavy atom. The third kappa shape index (κ3) is 4.55. The molecule has 1 amide bonds. The van der Waals surface area contributed by atoms with Crippen molar-refractivity contribution in [3.63, 3.8) is 0 Å². The lowest BCUT2D eigenvalue weighted by molar-refractivity contribution is -0.133. The highest BCUT2D eigenvalue weighted by Crippen LogP contribution is 2.35. The molecule has 2 N–H and O–H groups in total. The SMILES string of the molecule is COCCN(C(=O)Cc1ccc(CN)cc1)C(C)C1CC1. The summed E-state index contributed by atoms with van der Waals surface area (Å²) in [6, 6.07) is 8.29. The molecule has 1 unspecified atom stereocenters. The van der Waals surface area contributed by atoms with Crippen molar-refractivity contribution in [3.05, 3.63) is 35.4 Å². The lowest BCUT2D eigenvalue weighted by Crippen LogP contribution is -2.42. The van der Waals surface area contributed by atoms with Gasteiger partial charge in [0.05, 0.1) is 13.0 Å². The number of benzene rings is 1. The van der Waals surface area contributed by atoms with Crippen LogP contribution in [0, 0.1) is 5.92 Å². The van der Waals surface area contributed by atoms with E-state index in [2.05, 4.69) is 6.92 Å². The maximum Gasteiger partial charge on any atom is 0.227 e. The van der Waals surface area contributed by atoms with Gasteiger partial charge in [0, 0.05) is 26.2 Å². The maximum atomic E-state index is 12.6. The van der Waals surface area contributed by atoms with Gasteiger partial charge < -0.3 is 15.4 Å². The van der Waals surface area contributed by atoms with Crippen LogP contribution in [0.15, 0.2) is 24.3 Å². The van der Waals surface area contributed by atoms with Gasteiger partial charge in [0.25, 0.3) is 0 Å². The van der Waals surface area contributed by atoms with Crippen LogP contribution in [0.2, 0.25) is 0 Å². The molecule has 21 heavy (non-hydrogen) atoms. The summed E-state index contributed by atoms with van der Waals surface area (Å²) in [4.78, 5) is 14.6. The number of nitrogens with two attached hydrogens (primary N) is 1. The number of ether oxygens (including phenoxy) is 1. The number of carbonyl (C=O) groups excluding carboxylic acids is 1. The lowest BCUT2D eigenvalue weighted by atomic mass is 10.1. The average molecular weight is 290 g/mol. The van der Waals surface area contributed by atoms with Gasteiger partial charge in [-0.3, -0.25) is 4.79 Å². The molecule has 1 saturated carbocycles. The van der Waals surface area contributed by atoms with E-state index in [1.807, 2.05) is 29.2 Å². The second-order valence-corrected chi connectivity index (χ2v) is 5.86. The van der Waals surface area contributed by atoms with Crippen molar-refractivity contribution < 1.29 is 9.53 Å². The largest absolute Gasteiger partial charge is 0.383 e. The maximum absolute atomic E-state index is 12.6. The van der Waals surface area contributed by atoms with Crippen LogP contribution in [0.3, 0.4) is 0 Å². The zero-order valence-electron chi connectivity index (χ0n) is 13.0. The molecule has 1 aliphatic carbocycles. The van der Waals surface area contributed by atoms with Crippen molar-refractivity contribution in [1.82, 2.24) is 4.90 Å². The molecule has 4 heteroatoms. The molecule has 0 saturated heterocycles. The Labute approximate surface area is 127 Å². The number of hydrogen-bond acceptors (Lipinski definition) is 3. The summed E-state index contributed by atoms with van der Waals surface area (Å²) in [7, 11) is 1.68. The van der Waals surface area contributed by atoms with E-state index in [-0.39, 0.29) is 5.91 Å². The summed E-state index contributed by atoms with van der Waals surface area (Å²) >= 11 is 0. The van der Waals surface area contributed by atoms with Gasteiger partial charge in [0.1, 0.15) is 0 Å². The van der Waals surface area contributed by atoms with Crippen LogP contribution >= 0.6 is 0 Å². The van der Waals surface area contributed by atoms with Gasteiger partial charge in [-0.2, -0.15) is 0 Å². The minimum Gasteiger partial charge on any atom is -0.383 e. The summed E-state index contributed by atoms with van der Waals surface area (Å²) in [5.74, 6) is 0.859. The molecule has 1 aromatic rings. The van der Waals surface area contributed by atoms with Crippen molar-refractivity contribution in [2.24, 2.45) is 11.7 Å². The molecule has 1 atom stereocenters. The topological polar surface area (TPSA) is 55.6 Å². The molecule has 1 fully saturated rings. The molecular weight excluding hydrogens is 264 g/mol. The smallest absolute Gasteiger partial charge is 0.227 e. The molecule has 0 heterocycles. The van der Waals surface area contributed by atoms with Crippen LogP contribution in [-0.2, 0) is 22.5 Å². The van der Waals surface area contributed by atoms with Crippen molar-refractivity contribution in [1.29, 1.82) is 0 Å². The monoisotopic (exact) mass is 290 g/mol. The van der Waals surface area contributed by atoms with Crippen LogP contribution in [0.5, 0.6) is 0 Å². The van der Waals surface area contributed by atoms with Crippen molar-refractivity contribution >= 4 is 5.91 Å². The molecule has 116 valence electrons. The van der Waals surface area contributed by atoms with Gasteiger partial charge in [-0.15, -0.1) is 0 Å². The Morgan fingerprint density at radius 1 is 1.33 bits per heavy atom. The average Bonchev–Trinajstić information content (AvgIpc) is 3.33. The Kier molecular flexibility index (Phi) is 5.76. The van der Waals surface area contributed by atoms with E-state index in [1.54, 1.807) is 7.11 Å². The third-order valence-corrected chi connectivity index (χ3v) is 4.27. The molecule has 0 spiro atoms. The predicted molar refractivity (Wildman–Crippen MR) is 83.8 cm³/mol. The Hall–Kier alpha value is -1.39. The van der Waals surface area contributed by atoms with E-state index < -0.39 is 0 Å². The fourth-order valence-electron chi connectivity index (χ4n) is 2.65. The second-order valence-electron chi connectivity index (χ2n) is 5.86. The molecule has 0 radical (unpaired) electrons. The van der Waals surface area contributed by atoms with Crippen molar-refractivity contribution in [2.45, 2.75) is 38.8 Å². The highest BCUT2D eigenvalue weighted by atomic mass is 16.5. The summed E-state index contributed by atoms with van der Waals surface area (Å²) in [6.45, 7) is 3.96. The second kappa shape index (κ2) is 7.57. The first-order chi connectivity index (χ1) is 10.2. The number of methoxy groups -OCH3 is 1.